The average molecular weight is 333 g/mol. The molecular weight excluding hydrogens is 320 g/mol. The van der Waals surface area contributed by atoms with Crippen molar-refractivity contribution in [2.45, 2.75) is 19.4 Å². The van der Waals surface area contributed by atoms with Crippen molar-refractivity contribution < 1.29 is 17.9 Å². The molecule has 4 nitrogen and oxygen atoms in total. The van der Waals surface area contributed by atoms with Gasteiger partial charge in [0.2, 0.25) is 0 Å². The van der Waals surface area contributed by atoms with E-state index in [0.29, 0.717) is 17.7 Å². The predicted octanol–water partition coefficient (Wildman–Crippen LogP) is 2.22. The van der Waals surface area contributed by atoms with Crippen LogP contribution in [-0.2, 0) is 9.84 Å². The molecule has 0 N–H and O–H groups in total. The van der Waals surface area contributed by atoms with E-state index in [-0.39, 0.29) is 23.4 Å². The van der Waals surface area contributed by atoms with Gasteiger partial charge in [0.25, 0.3) is 0 Å². The van der Waals surface area contributed by atoms with E-state index in [1.54, 1.807) is 18.2 Å². The summed E-state index contributed by atoms with van der Waals surface area (Å²) in [6, 6.07) is 5.13. The zero-order valence-corrected chi connectivity index (χ0v) is 12.3. The van der Waals surface area contributed by atoms with Crippen molar-refractivity contribution in [3.63, 3.8) is 0 Å². The third-order valence-corrected chi connectivity index (χ3v) is 5.04. The molecule has 1 aliphatic rings. The summed E-state index contributed by atoms with van der Waals surface area (Å²) >= 11 is 3.31. The molecule has 0 saturated carbocycles. The van der Waals surface area contributed by atoms with Crippen LogP contribution in [0.25, 0.3) is 0 Å². The number of sulfone groups is 1. The minimum atomic E-state index is -2.98. The van der Waals surface area contributed by atoms with Crippen LogP contribution in [0.3, 0.4) is 0 Å². The molecule has 1 aromatic carbocycles. The van der Waals surface area contributed by atoms with Gasteiger partial charge in [0.1, 0.15) is 11.9 Å². The maximum atomic E-state index is 11.5. The highest BCUT2D eigenvalue weighted by atomic mass is 79.9. The zero-order valence-electron chi connectivity index (χ0n) is 9.85. The summed E-state index contributed by atoms with van der Waals surface area (Å²) in [5, 5.41) is 0. The molecule has 0 radical (unpaired) electrons. The minimum Gasteiger partial charge on any atom is -0.489 e. The number of halogens is 1. The van der Waals surface area contributed by atoms with E-state index < -0.39 is 9.84 Å². The third kappa shape index (κ3) is 3.11. The number of carbonyl (C=O) groups is 1. The molecule has 2 rings (SSSR count). The molecule has 0 aliphatic carbocycles. The van der Waals surface area contributed by atoms with Crippen molar-refractivity contribution in [2.75, 3.05) is 11.5 Å². The van der Waals surface area contributed by atoms with Gasteiger partial charge in [-0.15, -0.1) is 0 Å². The maximum absolute atomic E-state index is 11.5. The van der Waals surface area contributed by atoms with E-state index in [2.05, 4.69) is 15.9 Å². The molecule has 98 valence electrons. The molecule has 1 aliphatic heterocycles. The first-order valence-corrected chi connectivity index (χ1v) is 8.16. The summed E-state index contributed by atoms with van der Waals surface area (Å²) in [6.45, 7) is 1.46. The summed E-state index contributed by atoms with van der Waals surface area (Å²) in [4.78, 5) is 11.5. The van der Waals surface area contributed by atoms with Crippen LogP contribution in [0.5, 0.6) is 5.75 Å². The number of ketones is 1. The van der Waals surface area contributed by atoms with Gasteiger partial charge >= 0.3 is 0 Å². The average Bonchev–Trinajstić information content (AvgIpc) is 2.57. The molecule has 6 heteroatoms. The molecule has 1 aromatic rings. The van der Waals surface area contributed by atoms with Crippen LogP contribution in [0.1, 0.15) is 23.7 Å². The lowest BCUT2D eigenvalue weighted by Gasteiger charge is -2.14. The highest BCUT2D eigenvalue weighted by Gasteiger charge is 2.30. The van der Waals surface area contributed by atoms with Crippen molar-refractivity contribution in [2.24, 2.45) is 0 Å². The van der Waals surface area contributed by atoms with Crippen molar-refractivity contribution in [3.05, 3.63) is 28.2 Å². The summed E-state index contributed by atoms with van der Waals surface area (Å²) in [5.41, 5.74) is 0.475. The molecule has 1 fully saturated rings. The fraction of sp³-hybridized carbons (Fsp3) is 0.417. The predicted molar refractivity (Wildman–Crippen MR) is 71.8 cm³/mol. The van der Waals surface area contributed by atoms with Crippen molar-refractivity contribution in [3.8, 4) is 5.75 Å². The first kappa shape index (κ1) is 13.5. The fourth-order valence-corrected chi connectivity index (χ4v) is 3.85. The standard InChI is InChI=1S/C12H13BrO4S/c1-8(14)11-3-2-9(13)6-12(11)17-10-4-5-18(15,16)7-10/h2-3,6,10H,4-5,7H2,1H3. The quantitative estimate of drug-likeness (QED) is 0.796. The first-order chi connectivity index (χ1) is 8.37. The van der Waals surface area contributed by atoms with E-state index in [4.69, 9.17) is 4.74 Å². The SMILES string of the molecule is CC(=O)c1ccc(Br)cc1OC1CCS(=O)(=O)C1. The van der Waals surface area contributed by atoms with Crippen LogP contribution >= 0.6 is 15.9 Å². The molecular formula is C12H13BrO4S. The number of hydrogen-bond donors (Lipinski definition) is 0. The third-order valence-electron chi connectivity index (χ3n) is 2.81. The van der Waals surface area contributed by atoms with Gasteiger partial charge in [0.05, 0.1) is 17.1 Å². The van der Waals surface area contributed by atoms with Crippen LogP contribution in [-0.4, -0.2) is 31.8 Å². The largest absolute Gasteiger partial charge is 0.489 e. The van der Waals surface area contributed by atoms with Crippen molar-refractivity contribution in [1.29, 1.82) is 0 Å². The molecule has 0 amide bonds. The smallest absolute Gasteiger partial charge is 0.163 e. The molecule has 1 saturated heterocycles. The van der Waals surface area contributed by atoms with Crippen LogP contribution in [0.15, 0.2) is 22.7 Å². The van der Waals surface area contributed by atoms with Gasteiger partial charge in [-0.05, 0) is 31.5 Å². The van der Waals surface area contributed by atoms with Gasteiger partial charge in [-0.2, -0.15) is 0 Å². The van der Waals surface area contributed by atoms with Crippen LogP contribution in [0, 0.1) is 0 Å². The van der Waals surface area contributed by atoms with Gasteiger partial charge in [0, 0.05) is 4.47 Å². The molecule has 0 bridgehead atoms. The fourth-order valence-electron chi connectivity index (χ4n) is 1.92. The Morgan fingerprint density at radius 1 is 1.44 bits per heavy atom. The van der Waals surface area contributed by atoms with Gasteiger partial charge < -0.3 is 4.74 Å². The molecule has 1 unspecified atom stereocenters. The molecule has 18 heavy (non-hydrogen) atoms. The van der Waals surface area contributed by atoms with Crippen molar-refractivity contribution >= 4 is 31.6 Å². The Labute approximate surface area is 114 Å². The lowest BCUT2D eigenvalue weighted by Crippen LogP contribution is -2.19. The maximum Gasteiger partial charge on any atom is 0.163 e. The highest BCUT2D eigenvalue weighted by Crippen LogP contribution is 2.27. The van der Waals surface area contributed by atoms with E-state index in [9.17, 15) is 13.2 Å². The minimum absolute atomic E-state index is 0.0247. The molecule has 0 aromatic heterocycles. The summed E-state index contributed by atoms with van der Waals surface area (Å²) < 4.78 is 29.2. The molecule has 1 heterocycles. The van der Waals surface area contributed by atoms with Gasteiger partial charge in [0.15, 0.2) is 15.6 Å². The normalized spacial score (nSPS) is 21.8. The Morgan fingerprint density at radius 3 is 2.72 bits per heavy atom. The number of benzene rings is 1. The highest BCUT2D eigenvalue weighted by molar-refractivity contribution is 9.10. The summed E-state index contributed by atoms with van der Waals surface area (Å²) in [6.07, 6.45) is 0.119. The summed E-state index contributed by atoms with van der Waals surface area (Å²) in [5.74, 6) is 0.523. The number of Topliss-reactive ketones (excluding diaryl/α,β-unsaturated/α-hetero) is 1. The Morgan fingerprint density at radius 2 is 2.17 bits per heavy atom. The van der Waals surface area contributed by atoms with E-state index in [1.165, 1.54) is 6.92 Å². The van der Waals surface area contributed by atoms with E-state index >= 15 is 0 Å². The first-order valence-electron chi connectivity index (χ1n) is 5.55. The van der Waals surface area contributed by atoms with Gasteiger partial charge in [-0.25, -0.2) is 8.42 Å². The second kappa shape index (κ2) is 5.01. The monoisotopic (exact) mass is 332 g/mol. The lowest BCUT2D eigenvalue weighted by molar-refractivity contribution is 0.101. The van der Waals surface area contributed by atoms with Crippen LogP contribution in [0.4, 0.5) is 0 Å². The van der Waals surface area contributed by atoms with E-state index in [0.717, 1.165) is 4.47 Å². The Balaban J connectivity index is 2.23. The molecule has 0 spiro atoms. The second-order valence-corrected chi connectivity index (χ2v) is 7.48. The van der Waals surface area contributed by atoms with Crippen LogP contribution in [0.2, 0.25) is 0 Å². The number of ether oxygens (including phenoxy) is 1. The number of hydrogen-bond acceptors (Lipinski definition) is 4. The Hall–Kier alpha value is -0.880. The van der Waals surface area contributed by atoms with Gasteiger partial charge in [-0.3, -0.25) is 4.79 Å². The van der Waals surface area contributed by atoms with Crippen LogP contribution < -0.4 is 4.74 Å². The second-order valence-electron chi connectivity index (χ2n) is 4.34. The summed E-state index contributed by atoms with van der Waals surface area (Å²) in [7, 11) is -2.98. The Kier molecular flexibility index (Phi) is 3.77. The van der Waals surface area contributed by atoms with E-state index in [1.807, 2.05) is 0 Å². The number of carbonyl (C=O) groups excluding carboxylic acids is 1. The molecule has 1 atom stereocenters. The zero-order chi connectivity index (χ0) is 13.3. The van der Waals surface area contributed by atoms with Crippen molar-refractivity contribution in [1.82, 2.24) is 0 Å². The Bertz CT molecular complexity index is 580. The van der Waals surface area contributed by atoms with Gasteiger partial charge in [-0.1, -0.05) is 15.9 Å². The lowest BCUT2D eigenvalue weighted by atomic mass is 10.1. The topological polar surface area (TPSA) is 60.4 Å². The number of rotatable bonds is 3.